The molecule has 8 nitrogen and oxygen atoms in total. The van der Waals surface area contributed by atoms with E-state index in [0.29, 0.717) is 45.4 Å². The topological polar surface area (TPSA) is 86.8 Å². The Hall–Kier alpha value is -2.97. The second kappa shape index (κ2) is 10.3. The number of anilines is 2. The van der Waals surface area contributed by atoms with E-state index in [-0.39, 0.29) is 6.10 Å². The number of fused-ring (bicyclic) bond motifs is 1. The highest BCUT2D eigenvalue weighted by Crippen LogP contribution is 2.40. The first kappa shape index (κ1) is 23.2. The van der Waals surface area contributed by atoms with Crippen LogP contribution in [-0.4, -0.2) is 50.5 Å². The summed E-state index contributed by atoms with van der Waals surface area (Å²) in [7, 11) is 4.78. The fraction of sp³-hybridized carbons (Fsp3) is 0.417. The van der Waals surface area contributed by atoms with Crippen LogP contribution in [0.15, 0.2) is 30.6 Å². The summed E-state index contributed by atoms with van der Waals surface area (Å²) in [6.07, 6.45) is 3.78. The predicted octanol–water partition coefficient (Wildman–Crippen LogP) is 4.82. The van der Waals surface area contributed by atoms with Crippen molar-refractivity contribution < 1.29 is 18.9 Å². The first-order chi connectivity index (χ1) is 16.0. The fourth-order valence-electron chi connectivity index (χ4n) is 4.11. The van der Waals surface area contributed by atoms with Gasteiger partial charge in [-0.1, -0.05) is 11.6 Å². The van der Waals surface area contributed by atoms with E-state index < -0.39 is 0 Å². The van der Waals surface area contributed by atoms with Gasteiger partial charge >= 0.3 is 0 Å². The average molecular weight is 473 g/mol. The predicted molar refractivity (Wildman–Crippen MR) is 130 cm³/mol. The molecular weight excluding hydrogens is 444 g/mol. The van der Waals surface area contributed by atoms with E-state index in [1.54, 1.807) is 33.5 Å². The number of benzene rings is 2. The second-order valence-corrected chi connectivity index (χ2v) is 8.37. The van der Waals surface area contributed by atoms with Crippen molar-refractivity contribution in [1.29, 1.82) is 0 Å². The number of nitrogens with zero attached hydrogens (tertiary/aromatic N) is 2. The van der Waals surface area contributed by atoms with E-state index in [1.165, 1.54) is 6.33 Å². The number of hydrogen-bond donors (Lipinski definition) is 2. The largest absolute Gasteiger partial charge is 0.495 e. The molecular formula is C24H29ClN4O4. The molecule has 9 heteroatoms. The van der Waals surface area contributed by atoms with Gasteiger partial charge < -0.3 is 29.6 Å². The van der Waals surface area contributed by atoms with Crippen molar-refractivity contribution in [3.8, 4) is 23.0 Å². The van der Waals surface area contributed by atoms with Crippen LogP contribution in [0.3, 0.4) is 0 Å². The van der Waals surface area contributed by atoms with E-state index >= 15 is 0 Å². The first-order valence-corrected chi connectivity index (χ1v) is 11.3. The van der Waals surface area contributed by atoms with Crippen LogP contribution >= 0.6 is 11.6 Å². The molecule has 0 amide bonds. The van der Waals surface area contributed by atoms with Crippen LogP contribution in [-0.2, 0) is 0 Å². The van der Waals surface area contributed by atoms with Crippen molar-refractivity contribution >= 4 is 34.0 Å². The Balaban J connectivity index is 1.67. The molecule has 0 aliphatic carbocycles. The van der Waals surface area contributed by atoms with Gasteiger partial charge in [0.15, 0.2) is 11.5 Å². The Kier molecular flexibility index (Phi) is 7.25. The van der Waals surface area contributed by atoms with Gasteiger partial charge in [0.25, 0.3) is 0 Å². The molecule has 2 aromatic carbocycles. The van der Waals surface area contributed by atoms with Crippen LogP contribution in [0.5, 0.6) is 23.0 Å². The van der Waals surface area contributed by atoms with Gasteiger partial charge in [0.2, 0.25) is 0 Å². The summed E-state index contributed by atoms with van der Waals surface area (Å²) in [5.74, 6) is 3.49. The lowest BCUT2D eigenvalue weighted by atomic mass is 9.93. The van der Waals surface area contributed by atoms with Crippen molar-refractivity contribution in [2.45, 2.75) is 25.9 Å². The van der Waals surface area contributed by atoms with Crippen LogP contribution in [0.2, 0.25) is 5.02 Å². The zero-order valence-electron chi connectivity index (χ0n) is 19.3. The quantitative estimate of drug-likeness (QED) is 0.482. The van der Waals surface area contributed by atoms with E-state index in [9.17, 15) is 0 Å². The molecule has 4 rings (SSSR count). The van der Waals surface area contributed by atoms with Gasteiger partial charge in [-0.15, -0.1) is 0 Å². The standard InChI is InChI=1S/C24H29ClN4O4/c1-14(15-5-7-26-8-6-15)33-23-11-18-16(9-22(23)32-4)24(28-13-27-18)29-19-12-20(30-2)17(25)10-21(19)31-3/h9-15,26H,5-8H2,1-4H3,(H,27,28,29). The van der Waals surface area contributed by atoms with Gasteiger partial charge in [-0.05, 0) is 44.8 Å². The van der Waals surface area contributed by atoms with Gasteiger partial charge in [-0.25, -0.2) is 9.97 Å². The highest BCUT2D eigenvalue weighted by molar-refractivity contribution is 6.32. The number of ether oxygens (including phenoxy) is 4. The number of methoxy groups -OCH3 is 3. The summed E-state index contributed by atoms with van der Waals surface area (Å²) in [6.45, 7) is 4.16. The molecule has 33 heavy (non-hydrogen) atoms. The van der Waals surface area contributed by atoms with E-state index in [1.807, 2.05) is 12.1 Å². The summed E-state index contributed by atoms with van der Waals surface area (Å²) in [4.78, 5) is 8.90. The molecule has 0 bridgehead atoms. The number of rotatable bonds is 8. The molecule has 1 saturated heterocycles. The van der Waals surface area contributed by atoms with E-state index in [4.69, 9.17) is 30.5 Å². The number of piperidine rings is 1. The molecule has 2 heterocycles. The Labute approximate surface area is 198 Å². The van der Waals surface area contributed by atoms with Crippen LogP contribution in [0, 0.1) is 5.92 Å². The Morgan fingerprint density at radius 3 is 2.36 bits per heavy atom. The van der Waals surface area contributed by atoms with Crippen molar-refractivity contribution in [3.05, 3.63) is 35.6 Å². The molecule has 1 aliphatic rings. The van der Waals surface area contributed by atoms with Crippen molar-refractivity contribution in [1.82, 2.24) is 15.3 Å². The number of nitrogens with one attached hydrogen (secondary N) is 2. The maximum absolute atomic E-state index is 6.34. The molecule has 1 aliphatic heterocycles. The van der Waals surface area contributed by atoms with Crippen LogP contribution in [0.1, 0.15) is 19.8 Å². The highest BCUT2D eigenvalue weighted by Gasteiger charge is 2.23. The Morgan fingerprint density at radius 2 is 1.67 bits per heavy atom. The van der Waals surface area contributed by atoms with Gasteiger partial charge in [0, 0.05) is 23.6 Å². The lowest BCUT2D eigenvalue weighted by Gasteiger charge is -2.29. The molecule has 0 saturated carbocycles. The number of hydrogen-bond acceptors (Lipinski definition) is 8. The smallest absolute Gasteiger partial charge is 0.163 e. The van der Waals surface area contributed by atoms with Gasteiger partial charge in [0.1, 0.15) is 23.6 Å². The third kappa shape index (κ3) is 5.02. The monoisotopic (exact) mass is 472 g/mol. The summed E-state index contributed by atoms with van der Waals surface area (Å²) in [6, 6.07) is 7.26. The Morgan fingerprint density at radius 1 is 0.939 bits per heavy atom. The molecule has 1 fully saturated rings. The summed E-state index contributed by atoms with van der Waals surface area (Å²) < 4.78 is 22.8. The van der Waals surface area contributed by atoms with Gasteiger partial charge in [-0.2, -0.15) is 0 Å². The molecule has 1 unspecified atom stereocenters. The average Bonchev–Trinajstić information content (AvgIpc) is 2.85. The fourth-order valence-corrected chi connectivity index (χ4v) is 4.34. The van der Waals surface area contributed by atoms with Crippen molar-refractivity contribution in [3.63, 3.8) is 0 Å². The van der Waals surface area contributed by atoms with Gasteiger partial charge in [-0.3, -0.25) is 0 Å². The SMILES string of the molecule is COc1cc(Nc2ncnc3cc(OC(C)C4CCNCC4)c(OC)cc23)c(OC)cc1Cl. The number of aromatic nitrogens is 2. The zero-order chi connectivity index (χ0) is 23.4. The molecule has 1 atom stereocenters. The summed E-state index contributed by atoms with van der Waals surface area (Å²) in [5, 5.41) is 7.95. The Bertz CT molecular complexity index is 1120. The number of halogens is 1. The summed E-state index contributed by atoms with van der Waals surface area (Å²) >= 11 is 6.24. The summed E-state index contributed by atoms with van der Waals surface area (Å²) in [5.41, 5.74) is 1.40. The van der Waals surface area contributed by atoms with Crippen LogP contribution in [0.4, 0.5) is 11.5 Å². The van der Waals surface area contributed by atoms with E-state index in [2.05, 4.69) is 27.5 Å². The van der Waals surface area contributed by atoms with Crippen LogP contribution in [0.25, 0.3) is 10.9 Å². The first-order valence-electron chi connectivity index (χ1n) is 10.9. The minimum atomic E-state index is 0.0728. The van der Waals surface area contributed by atoms with Crippen molar-refractivity contribution in [2.75, 3.05) is 39.7 Å². The van der Waals surface area contributed by atoms with Crippen LogP contribution < -0.4 is 29.6 Å². The zero-order valence-corrected chi connectivity index (χ0v) is 20.0. The van der Waals surface area contributed by atoms with Gasteiger partial charge in [0.05, 0.1) is 43.7 Å². The third-order valence-corrected chi connectivity index (χ3v) is 6.30. The molecule has 176 valence electrons. The normalized spacial score (nSPS) is 15.2. The van der Waals surface area contributed by atoms with Crippen molar-refractivity contribution in [2.24, 2.45) is 5.92 Å². The maximum atomic E-state index is 6.34. The molecule has 1 aromatic heterocycles. The van der Waals surface area contributed by atoms with E-state index in [0.717, 1.165) is 36.8 Å². The third-order valence-electron chi connectivity index (χ3n) is 6.01. The molecule has 2 N–H and O–H groups in total. The lowest BCUT2D eigenvalue weighted by Crippen LogP contribution is -2.35. The molecule has 0 spiro atoms. The maximum Gasteiger partial charge on any atom is 0.163 e. The minimum absolute atomic E-state index is 0.0728. The molecule has 0 radical (unpaired) electrons. The lowest BCUT2D eigenvalue weighted by molar-refractivity contribution is 0.124. The highest BCUT2D eigenvalue weighted by atomic mass is 35.5. The minimum Gasteiger partial charge on any atom is -0.495 e. The molecule has 3 aromatic rings. The second-order valence-electron chi connectivity index (χ2n) is 7.96.